The van der Waals surface area contributed by atoms with E-state index in [1.165, 1.54) is 6.08 Å². The maximum absolute atomic E-state index is 12.4. The standard InChI is InChI=1S/C27H22Cl2N4O3/c28-23-8-9-24(26(29)22(23)17-34)33-15-1-2-21(33)16-31-25(35)10-5-18-3-6-19(7-4-18)27(36)32-20-11-13-30-14-12-20/h1-15,34H,16-17H2,(H,31,35)(H,30,32,36)/b10-5+. The first-order valence-corrected chi connectivity index (χ1v) is 11.7. The van der Waals surface area contributed by atoms with Gasteiger partial charge in [-0.1, -0.05) is 35.3 Å². The number of amides is 2. The largest absolute Gasteiger partial charge is 0.392 e. The van der Waals surface area contributed by atoms with Crippen LogP contribution in [0.2, 0.25) is 10.0 Å². The van der Waals surface area contributed by atoms with E-state index in [4.69, 9.17) is 23.2 Å². The van der Waals surface area contributed by atoms with E-state index in [1.54, 1.807) is 67.0 Å². The third kappa shape index (κ3) is 6.01. The minimum atomic E-state index is -0.278. The van der Waals surface area contributed by atoms with Crippen LogP contribution in [0.15, 0.2) is 85.3 Å². The molecule has 2 aromatic heterocycles. The Morgan fingerprint density at radius 3 is 2.47 bits per heavy atom. The zero-order chi connectivity index (χ0) is 25.5. The van der Waals surface area contributed by atoms with Crippen LogP contribution < -0.4 is 10.6 Å². The Morgan fingerprint density at radius 2 is 1.75 bits per heavy atom. The fourth-order valence-corrected chi connectivity index (χ4v) is 4.09. The van der Waals surface area contributed by atoms with Gasteiger partial charge in [0.2, 0.25) is 5.91 Å². The zero-order valence-electron chi connectivity index (χ0n) is 19.0. The summed E-state index contributed by atoms with van der Waals surface area (Å²) in [5.74, 6) is -0.509. The molecule has 3 N–H and O–H groups in total. The number of pyridine rings is 1. The van der Waals surface area contributed by atoms with Crippen LogP contribution in [0.25, 0.3) is 11.8 Å². The van der Waals surface area contributed by atoms with Crippen molar-refractivity contribution in [2.24, 2.45) is 0 Å². The smallest absolute Gasteiger partial charge is 0.255 e. The van der Waals surface area contributed by atoms with Crippen molar-refractivity contribution in [3.05, 3.63) is 118 Å². The lowest BCUT2D eigenvalue weighted by Crippen LogP contribution is -2.21. The Morgan fingerprint density at radius 1 is 1.00 bits per heavy atom. The van der Waals surface area contributed by atoms with Gasteiger partial charge in [0.1, 0.15) is 0 Å². The number of benzene rings is 2. The molecule has 0 spiro atoms. The van der Waals surface area contributed by atoms with Gasteiger partial charge < -0.3 is 20.3 Å². The van der Waals surface area contributed by atoms with Crippen molar-refractivity contribution in [1.82, 2.24) is 14.9 Å². The number of aliphatic hydroxyl groups is 1. The van der Waals surface area contributed by atoms with E-state index in [-0.39, 0.29) is 25.0 Å². The highest BCUT2D eigenvalue weighted by Gasteiger charge is 2.13. The van der Waals surface area contributed by atoms with Gasteiger partial charge in [0.05, 0.1) is 23.9 Å². The maximum atomic E-state index is 12.4. The number of aliphatic hydroxyl groups excluding tert-OH is 1. The molecule has 0 saturated carbocycles. The summed E-state index contributed by atoms with van der Waals surface area (Å²) in [5, 5.41) is 15.9. The lowest BCUT2D eigenvalue weighted by atomic mass is 10.1. The molecule has 36 heavy (non-hydrogen) atoms. The first-order valence-electron chi connectivity index (χ1n) is 11.0. The van der Waals surface area contributed by atoms with Gasteiger partial charge in [0.25, 0.3) is 5.91 Å². The van der Waals surface area contributed by atoms with Crippen molar-refractivity contribution in [3.63, 3.8) is 0 Å². The molecule has 0 aliphatic rings. The molecule has 0 radical (unpaired) electrons. The predicted octanol–water partition coefficient (Wildman–Crippen LogP) is 5.25. The Hall–Kier alpha value is -3.91. The summed E-state index contributed by atoms with van der Waals surface area (Å²) in [4.78, 5) is 28.7. The van der Waals surface area contributed by atoms with E-state index in [9.17, 15) is 14.7 Å². The Labute approximate surface area is 218 Å². The first kappa shape index (κ1) is 25.2. The first-order chi connectivity index (χ1) is 17.5. The molecule has 0 saturated heterocycles. The average molecular weight is 521 g/mol. The molecular formula is C27H22Cl2N4O3. The predicted molar refractivity (Wildman–Crippen MR) is 141 cm³/mol. The number of hydrogen-bond acceptors (Lipinski definition) is 4. The molecule has 0 aliphatic heterocycles. The van der Waals surface area contributed by atoms with E-state index in [1.807, 2.05) is 22.9 Å². The number of nitrogens with zero attached hydrogens (tertiary/aromatic N) is 2. The van der Waals surface area contributed by atoms with Crippen LogP contribution in [0, 0.1) is 0 Å². The monoisotopic (exact) mass is 520 g/mol. The van der Waals surface area contributed by atoms with E-state index >= 15 is 0 Å². The average Bonchev–Trinajstić information content (AvgIpc) is 3.36. The van der Waals surface area contributed by atoms with E-state index in [0.717, 1.165) is 11.3 Å². The molecule has 4 rings (SSSR count). The Balaban J connectivity index is 1.36. The van der Waals surface area contributed by atoms with Gasteiger partial charge in [-0.05, 0) is 60.2 Å². The summed E-state index contributed by atoms with van der Waals surface area (Å²) in [6.07, 6.45) is 8.12. The number of hydrogen-bond donors (Lipinski definition) is 3. The van der Waals surface area contributed by atoms with E-state index in [2.05, 4.69) is 15.6 Å². The minimum Gasteiger partial charge on any atom is -0.392 e. The van der Waals surface area contributed by atoms with Crippen LogP contribution in [0.4, 0.5) is 5.69 Å². The normalized spacial score (nSPS) is 11.0. The Bertz CT molecular complexity index is 1400. The number of anilines is 1. The van der Waals surface area contributed by atoms with Crippen LogP contribution in [0.3, 0.4) is 0 Å². The van der Waals surface area contributed by atoms with Crippen molar-refractivity contribution in [2.75, 3.05) is 5.32 Å². The maximum Gasteiger partial charge on any atom is 0.255 e. The van der Waals surface area contributed by atoms with Crippen LogP contribution in [0.5, 0.6) is 0 Å². The van der Waals surface area contributed by atoms with Gasteiger partial charge >= 0.3 is 0 Å². The van der Waals surface area contributed by atoms with E-state index in [0.29, 0.717) is 32.5 Å². The van der Waals surface area contributed by atoms with Gasteiger partial charge in [-0.3, -0.25) is 14.6 Å². The molecule has 0 atom stereocenters. The summed E-state index contributed by atoms with van der Waals surface area (Å²) in [7, 11) is 0. The van der Waals surface area contributed by atoms with E-state index < -0.39 is 0 Å². The molecule has 4 aromatic rings. The molecule has 7 nitrogen and oxygen atoms in total. The van der Waals surface area contributed by atoms with Crippen LogP contribution in [-0.4, -0.2) is 26.5 Å². The quantitative estimate of drug-likeness (QED) is 0.276. The topological polar surface area (TPSA) is 96.3 Å². The highest BCUT2D eigenvalue weighted by Crippen LogP contribution is 2.31. The SMILES string of the molecule is O=C(/C=C/c1ccc(C(=O)Nc2ccncc2)cc1)NCc1cccn1-c1ccc(Cl)c(CO)c1Cl. The summed E-state index contributed by atoms with van der Waals surface area (Å²) >= 11 is 12.5. The lowest BCUT2D eigenvalue weighted by molar-refractivity contribution is -0.116. The van der Waals surface area contributed by atoms with Crippen molar-refractivity contribution >= 4 is 46.8 Å². The second kappa shape index (κ2) is 11.7. The molecule has 2 amide bonds. The van der Waals surface area contributed by atoms with Crippen LogP contribution in [-0.2, 0) is 17.9 Å². The van der Waals surface area contributed by atoms with Crippen LogP contribution in [0.1, 0.15) is 27.2 Å². The molecule has 2 heterocycles. The second-order valence-electron chi connectivity index (χ2n) is 7.75. The number of nitrogens with one attached hydrogen (secondary N) is 2. The number of aromatic nitrogens is 2. The summed E-state index contributed by atoms with van der Waals surface area (Å²) < 4.78 is 1.83. The number of carbonyl (C=O) groups excluding carboxylic acids is 2. The van der Waals surface area contributed by atoms with Crippen molar-refractivity contribution < 1.29 is 14.7 Å². The Kier molecular flexibility index (Phi) is 8.17. The lowest BCUT2D eigenvalue weighted by Gasteiger charge is -2.14. The molecule has 182 valence electrons. The highest BCUT2D eigenvalue weighted by atomic mass is 35.5. The minimum absolute atomic E-state index is 0.232. The van der Waals surface area contributed by atoms with Crippen molar-refractivity contribution in [1.29, 1.82) is 0 Å². The third-order valence-corrected chi connectivity index (χ3v) is 6.17. The summed E-state index contributed by atoms with van der Waals surface area (Å²) in [6.45, 7) is -0.0161. The molecule has 9 heteroatoms. The fraction of sp³-hybridized carbons (Fsp3) is 0.0741. The van der Waals surface area contributed by atoms with Gasteiger partial charge in [-0.25, -0.2) is 0 Å². The van der Waals surface area contributed by atoms with Gasteiger partial charge in [0, 0.05) is 52.2 Å². The highest BCUT2D eigenvalue weighted by molar-refractivity contribution is 6.37. The number of halogens is 2. The summed E-state index contributed by atoms with van der Waals surface area (Å²) in [5.41, 5.74) is 3.84. The summed E-state index contributed by atoms with van der Waals surface area (Å²) in [6, 6.07) is 17.5. The molecule has 2 aromatic carbocycles. The number of rotatable bonds is 8. The van der Waals surface area contributed by atoms with Gasteiger partial charge in [-0.2, -0.15) is 0 Å². The second-order valence-corrected chi connectivity index (χ2v) is 8.54. The van der Waals surface area contributed by atoms with Crippen molar-refractivity contribution in [2.45, 2.75) is 13.2 Å². The van der Waals surface area contributed by atoms with Gasteiger partial charge in [-0.15, -0.1) is 0 Å². The number of carbonyl (C=O) groups is 2. The third-order valence-electron chi connectivity index (χ3n) is 5.40. The molecular weight excluding hydrogens is 499 g/mol. The van der Waals surface area contributed by atoms with Crippen molar-refractivity contribution in [3.8, 4) is 5.69 Å². The molecule has 0 aliphatic carbocycles. The molecule has 0 unspecified atom stereocenters. The zero-order valence-corrected chi connectivity index (χ0v) is 20.5. The molecule has 0 bridgehead atoms. The van der Waals surface area contributed by atoms with Crippen LogP contribution >= 0.6 is 23.2 Å². The molecule has 0 fully saturated rings. The van der Waals surface area contributed by atoms with Gasteiger partial charge in [0.15, 0.2) is 0 Å². The fourth-order valence-electron chi connectivity index (χ4n) is 3.50.